The molecule has 1 fully saturated rings. The number of nitrogens with zero attached hydrogens (tertiary/aromatic N) is 4. The van der Waals surface area contributed by atoms with Gasteiger partial charge in [0.15, 0.2) is 0 Å². The molecule has 1 aromatic heterocycles. The molecule has 1 aliphatic heterocycles. The molecule has 0 atom stereocenters. The van der Waals surface area contributed by atoms with E-state index < -0.39 is 0 Å². The average Bonchev–Trinajstić information content (AvgIpc) is 2.47. The summed E-state index contributed by atoms with van der Waals surface area (Å²) in [6.45, 7) is 2.61. The van der Waals surface area contributed by atoms with Gasteiger partial charge in [-0.25, -0.2) is 0 Å². The molecule has 106 valence electrons. The van der Waals surface area contributed by atoms with E-state index in [1.807, 2.05) is 11.9 Å². The number of methoxy groups -OCH3 is 1. The van der Waals surface area contributed by atoms with Gasteiger partial charge >= 0.3 is 6.01 Å². The van der Waals surface area contributed by atoms with Gasteiger partial charge < -0.3 is 19.7 Å². The summed E-state index contributed by atoms with van der Waals surface area (Å²) in [6, 6.07) is 0.327. The summed E-state index contributed by atoms with van der Waals surface area (Å²) in [5, 5.41) is 2.91. The third kappa shape index (κ3) is 3.66. The molecule has 19 heavy (non-hydrogen) atoms. The quantitative estimate of drug-likeness (QED) is 0.845. The summed E-state index contributed by atoms with van der Waals surface area (Å²) in [6.07, 6.45) is 2.18. The minimum Gasteiger partial charge on any atom is -0.467 e. The van der Waals surface area contributed by atoms with Crippen molar-refractivity contribution in [2.45, 2.75) is 12.8 Å². The van der Waals surface area contributed by atoms with Crippen molar-refractivity contribution in [2.75, 3.05) is 51.2 Å². The first-order valence-electron chi connectivity index (χ1n) is 6.49. The van der Waals surface area contributed by atoms with Crippen molar-refractivity contribution in [1.82, 2.24) is 15.0 Å². The molecule has 1 aromatic rings. The Morgan fingerprint density at radius 2 is 2.05 bits per heavy atom. The Morgan fingerprint density at radius 1 is 1.32 bits per heavy atom. The lowest BCUT2D eigenvalue weighted by Gasteiger charge is -2.27. The first kappa shape index (κ1) is 13.8. The van der Waals surface area contributed by atoms with Crippen LogP contribution in [0.25, 0.3) is 0 Å². The van der Waals surface area contributed by atoms with Crippen LogP contribution in [0.15, 0.2) is 0 Å². The van der Waals surface area contributed by atoms with E-state index in [0.29, 0.717) is 23.8 Å². The number of hydrogen-bond donors (Lipinski definition) is 1. The van der Waals surface area contributed by atoms with Gasteiger partial charge in [0.05, 0.1) is 7.11 Å². The molecule has 0 aromatic carbocycles. The smallest absolute Gasteiger partial charge is 0.322 e. The molecule has 2 heterocycles. The summed E-state index contributed by atoms with van der Waals surface area (Å²) >= 11 is 0. The summed E-state index contributed by atoms with van der Waals surface area (Å²) in [7, 11) is 5.32. The average molecular weight is 267 g/mol. The predicted molar refractivity (Wildman–Crippen MR) is 72.7 cm³/mol. The molecule has 1 aliphatic rings. The number of nitrogens with one attached hydrogen (secondary N) is 1. The van der Waals surface area contributed by atoms with Gasteiger partial charge in [0.2, 0.25) is 11.9 Å². The zero-order chi connectivity index (χ0) is 13.7. The maximum atomic E-state index is 5.37. The molecule has 7 nitrogen and oxygen atoms in total. The summed E-state index contributed by atoms with van der Waals surface area (Å²) in [5.74, 6) is 1.77. The van der Waals surface area contributed by atoms with Crippen molar-refractivity contribution >= 4 is 11.9 Å². The van der Waals surface area contributed by atoms with Crippen LogP contribution in [0.2, 0.25) is 0 Å². The fourth-order valence-corrected chi connectivity index (χ4v) is 2.12. The Morgan fingerprint density at radius 3 is 2.68 bits per heavy atom. The molecule has 7 heteroatoms. The Hall–Kier alpha value is -1.63. The summed E-state index contributed by atoms with van der Waals surface area (Å²) < 4.78 is 10.5. The topological polar surface area (TPSA) is 72.4 Å². The first-order valence-corrected chi connectivity index (χ1v) is 6.49. The largest absolute Gasteiger partial charge is 0.467 e. The van der Waals surface area contributed by atoms with E-state index in [1.165, 1.54) is 0 Å². The molecular formula is C12H21N5O2. The van der Waals surface area contributed by atoms with Crippen LogP contribution in [0.1, 0.15) is 12.8 Å². The zero-order valence-corrected chi connectivity index (χ0v) is 11.7. The van der Waals surface area contributed by atoms with Gasteiger partial charge in [0.1, 0.15) is 0 Å². The van der Waals surface area contributed by atoms with Crippen LogP contribution in [-0.2, 0) is 4.74 Å². The third-order valence-corrected chi connectivity index (χ3v) is 3.22. The fourth-order valence-electron chi connectivity index (χ4n) is 2.12. The summed E-state index contributed by atoms with van der Waals surface area (Å²) in [4.78, 5) is 14.8. The molecule has 0 amide bonds. The Kier molecular flexibility index (Phi) is 4.73. The van der Waals surface area contributed by atoms with E-state index in [2.05, 4.69) is 20.3 Å². The van der Waals surface area contributed by atoms with Crippen LogP contribution >= 0.6 is 0 Å². The van der Waals surface area contributed by atoms with Crippen molar-refractivity contribution in [3.8, 4) is 6.01 Å². The van der Waals surface area contributed by atoms with Gasteiger partial charge in [-0.3, -0.25) is 0 Å². The predicted octanol–water partition coefficient (Wildman–Crippen LogP) is 0.785. The lowest BCUT2D eigenvalue weighted by Crippen LogP contribution is -2.30. The molecule has 2 rings (SSSR count). The Balaban J connectivity index is 2.06. The molecule has 0 bridgehead atoms. The molecule has 0 saturated carbocycles. The van der Waals surface area contributed by atoms with Crippen LogP contribution in [0.3, 0.4) is 0 Å². The zero-order valence-electron chi connectivity index (χ0n) is 11.7. The molecule has 0 spiro atoms. The normalized spacial score (nSPS) is 16.2. The van der Waals surface area contributed by atoms with Gasteiger partial charge in [-0.1, -0.05) is 0 Å². The highest BCUT2D eigenvalue weighted by atomic mass is 16.5. The van der Waals surface area contributed by atoms with E-state index in [-0.39, 0.29) is 0 Å². The molecular weight excluding hydrogens is 246 g/mol. The monoisotopic (exact) mass is 267 g/mol. The van der Waals surface area contributed by atoms with Crippen molar-refractivity contribution in [2.24, 2.45) is 5.92 Å². The van der Waals surface area contributed by atoms with Crippen LogP contribution in [0.5, 0.6) is 6.01 Å². The minimum absolute atomic E-state index is 0.327. The first-order chi connectivity index (χ1) is 9.22. The number of anilines is 2. The van der Waals surface area contributed by atoms with Crippen molar-refractivity contribution in [3.63, 3.8) is 0 Å². The van der Waals surface area contributed by atoms with Crippen molar-refractivity contribution in [3.05, 3.63) is 0 Å². The number of aromatic nitrogens is 3. The highest BCUT2D eigenvalue weighted by Crippen LogP contribution is 2.19. The number of rotatable bonds is 5. The van der Waals surface area contributed by atoms with Gasteiger partial charge in [0.25, 0.3) is 0 Å². The van der Waals surface area contributed by atoms with Crippen LogP contribution < -0.4 is 15.0 Å². The minimum atomic E-state index is 0.327. The van der Waals surface area contributed by atoms with E-state index >= 15 is 0 Å². The van der Waals surface area contributed by atoms with Crippen LogP contribution in [0, 0.1) is 5.92 Å². The molecule has 0 unspecified atom stereocenters. The van der Waals surface area contributed by atoms with Gasteiger partial charge in [0, 0.05) is 33.9 Å². The van der Waals surface area contributed by atoms with Crippen LogP contribution in [0.4, 0.5) is 11.9 Å². The second-order valence-electron chi connectivity index (χ2n) is 4.63. The van der Waals surface area contributed by atoms with Crippen LogP contribution in [-0.4, -0.2) is 55.9 Å². The Labute approximate surface area is 113 Å². The lowest BCUT2D eigenvalue weighted by molar-refractivity contribution is 0.0684. The number of ether oxygens (including phenoxy) is 2. The molecule has 1 saturated heterocycles. The van der Waals surface area contributed by atoms with Gasteiger partial charge in [-0.15, -0.1) is 0 Å². The Bertz CT molecular complexity index is 387. The maximum Gasteiger partial charge on any atom is 0.322 e. The standard InChI is InChI=1S/C12H21N5O2/c1-13-10-14-11(16-12(15-10)18-3)17(2)8-9-4-6-19-7-5-9/h9H,4-8H2,1-3H3,(H,13,14,15,16). The van der Waals surface area contributed by atoms with E-state index in [1.54, 1.807) is 14.2 Å². The number of hydrogen-bond acceptors (Lipinski definition) is 7. The second kappa shape index (κ2) is 6.51. The van der Waals surface area contributed by atoms with Gasteiger partial charge in [-0.05, 0) is 18.8 Å². The van der Waals surface area contributed by atoms with E-state index in [0.717, 1.165) is 32.6 Å². The lowest BCUT2D eigenvalue weighted by atomic mass is 10.0. The SMILES string of the molecule is CNc1nc(OC)nc(N(C)CC2CCOCC2)n1. The van der Waals surface area contributed by atoms with Crippen molar-refractivity contribution < 1.29 is 9.47 Å². The summed E-state index contributed by atoms with van der Waals surface area (Å²) in [5.41, 5.74) is 0. The highest BCUT2D eigenvalue weighted by molar-refractivity contribution is 5.37. The molecule has 0 aliphatic carbocycles. The highest BCUT2D eigenvalue weighted by Gasteiger charge is 2.18. The fraction of sp³-hybridized carbons (Fsp3) is 0.750. The van der Waals surface area contributed by atoms with E-state index in [9.17, 15) is 0 Å². The maximum absolute atomic E-state index is 5.37. The van der Waals surface area contributed by atoms with E-state index in [4.69, 9.17) is 9.47 Å². The molecule has 1 N–H and O–H groups in total. The van der Waals surface area contributed by atoms with Gasteiger partial charge in [-0.2, -0.15) is 15.0 Å². The third-order valence-electron chi connectivity index (χ3n) is 3.22. The van der Waals surface area contributed by atoms with Crippen molar-refractivity contribution in [1.29, 1.82) is 0 Å². The molecule has 0 radical (unpaired) electrons. The second-order valence-corrected chi connectivity index (χ2v) is 4.63.